The van der Waals surface area contributed by atoms with Gasteiger partial charge in [0.2, 0.25) is 21.8 Å². The fourth-order valence-electron chi connectivity index (χ4n) is 4.06. The van der Waals surface area contributed by atoms with Crippen LogP contribution in [0.25, 0.3) is 0 Å². The minimum absolute atomic E-state index is 0.0515. The molecule has 0 aliphatic rings. The van der Waals surface area contributed by atoms with Crippen molar-refractivity contribution in [3.63, 3.8) is 0 Å². The standard InChI is InChI=1S/C30H37N3O5S/c1-5-23(3)31-30(35)28(6-2)32(21-24-13-9-7-10-14-24)29(34)22-33(39(4,36)37)25-17-19-27(20-18-25)38-26-15-11-8-12-16-26/h7-20,23,28H,5-6,21-22H2,1-4H3,(H,31,35)/t23-,28+/m1/s1. The molecule has 0 bridgehead atoms. The van der Waals surface area contributed by atoms with Crippen molar-refractivity contribution in [1.29, 1.82) is 0 Å². The zero-order valence-electron chi connectivity index (χ0n) is 22.9. The summed E-state index contributed by atoms with van der Waals surface area (Å²) < 4.78 is 32.5. The van der Waals surface area contributed by atoms with Gasteiger partial charge in [-0.2, -0.15) is 0 Å². The number of amides is 2. The van der Waals surface area contributed by atoms with E-state index in [1.54, 1.807) is 24.3 Å². The topological polar surface area (TPSA) is 96.0 Å². The van der Waals surface area contributed by atoms with Crippen LogP contribution in [-0.4, -0.2) is 50.0 Å². The summed E-state index contributed by atoms with van der Waals surface area (Å²) >= 11 is 0. The summed E-state index contributed by atoms with van der Waals surface area (Å²) in [6.07, 6.45) is 2.19. The van der Waals surface area contributed by atoms with Crippen LogP contribution >= 0.6 is 0 Å². The molecule has 0 saturated heterocycles. The summed E-state index contributed by atoms with van der Waals surface area (Å²) in [5, 5.41) is 2.96. The highest BCUT2D eigenvalue weighted by molar-refractivity contribution is 7.92. The normalized spacial score (nSPS) is 12.7. The molecule has 2 atom stereocenters. The molecule has 2 amide bonds. The molecule has 208 valence electrons. The molecule has 3 rings (SSSR count). The summed E-state index contributed by atoms with van der Waals surface area (Å²) in [7, 11) is -3.82. The van der Waals surface area contributed by atoms with Crippen LogP contribution in [-0.2, 0) is 26.2 Å². The van der Waals surface area contributed by atoms with Crippen molar-refractivity contribution in [3.8, 4) is 11.5 Å². The third-order valence-electron chi connectivity index (χ3n) is 6.37. The van der Waals surface area contributed by atoms with Gasteiger partial charge in [0.1, 0.15) is 24.1 Å². The summed E-state index contributed by atoms with van der Waals surface area (Å²) in [4.78, 5) is 28.4. The zero-order valence-corrected chi connectivity index (χ0v) is 23.7. The molecule has 0 aromatic heterocycles. The Morgan fingerprint density at radius 1 is 0.846 bits per heavy atom. The number of para-hydroxylation sites is 1. The van der Waals surface area contributed by atoms with Gasteiger partial charge in [-0.05, 0) is 61.7 Å². The summed E-state index contributed by atoms with van der Waals surface area (Å²) in [5.74, 6) is 0.450. The first kappa shape index (κ1) is 29.7. The molecule has 0 heterocycles. The molecule has 0 fully saturated rings. The minimum atomic E-state index is -3.82. The molecule has 39 heavy (non-hydrogen) atoms. The smallest absolute Gasteiger partial charge is 0.244 e. The van der Waals surface area contributed by atoms with Gasteiger partial charge in [-0.25, -0.2) is 8.42 Å². The fraction of sp³-hybridized carbons (Fsp3) is 0.333. The second-order valence-corrected chi connectivity index (χ2v) is 11.3. The van der Waals surface area contributed by atoms with E-state index in [0.717, 1.165) is 22.5 Å². The first-order valence-corrected chi connectivity index (χ1v) is 14.9. The Labute approximate surface area is 231 Å². The van der Waals surface area contributed by atoms with Crippen molar-refractivity contribution < 1.29 is 22.7 Å². The van der Waals surface area contributed by atoms with Gasteiger partial charge in [0, 0.05) is 12.6 Å². The molecule has 0 aliphatic carbocycles. The Morgan fingerprint density at radius 2 is 1.41 bits per heavy atom. The van der Waals surface area contributed by atoms with Crippen LogP contribution in [0.2, 0.25) is 0 Å². The van der Waals surface area contributed by atoms with Gasteiger partial charge in [-0.3, -0.25) is 13.9 Å². The molecule has 3 aromatic rings. The number of ether oxygens (including phenoxy) is 1. The van der Waals surface area contributed by atoms with Gasteiger partial charge in [-0.1, -0.05) is 62.4 Å². The van der Waals surface area contributed by atoms with Crippen molar-refractivity contribution in [2.45, 2.75) is 52.2 Å². The summed E-state index contributed by atoms with van der Waals surface area (Å²) in [6, 6.07) is 24.3. The molecular formula is C30H37N3O5S. The van der Waals surface area contributed by atoms with E-state index in [0.29, 0.717) is 23.6 Å². The van der Waals surface area contributed by atoms with Gasteiger partial charge in [0.25, 0.3) is 0 Å². The van der Waals surface area contributed by atoms with Crippen molar-refractivity contribution in [2.75, 3.05) is 17.1 Å². The molecule has 3 aromatic carbocycles. The maximum absolute atomic E-state index is 13.8. The molecule has 0 saturated carbocycles. The molecular weight excluding hydrogens is 514 g/mol. The monoisotopic (exact) mass is 551 g/mol. The number of nitrogens with one attached hydrogen (secondary N) is 1. The highest BCUT2D eigenvalue weighted by Crippen LogP contribution is 2.26. The number of nitrogens with zero attached hydrogens (tertiary/aromatic N) is 2. The van der Waals surface area contributed by atoms with Crippen molar-refractivity contribution in [1.82, 2.24) is 10.2 Å². The van der Waals surface area contributed by atoms with Crippen molar-refractivity contribution in [2.24, 2.45) is 0 Å². The van der Waals surface area contributed by atoms with E-state index in [-0.39, 0.29) is 18.5 Å². The van der Waals surface area contributed by atoms with Crippen molar-refractivity contribution in [3.05, 3.63) is 90.5 Å². The van der Waals surface area contributed by atoms with Crippen LogP contribution in [0, 0.1) is 0 Å². The second kappa shape index (κ2) is 13.8. The van der Waals surface area contributed by atoms with E-state index in [1.807, 2.05) is 81.4 Å². The van der Waals surface area contributed by atoms with E-state index >= 15 is 0 Å². The molecule has 0 radical (unpaired) electrons. The van der Waals surface area contributed by atoms with Crippen LogP contribution in [0.5, 0.6) is 11.5 Å². The largest absolute Gasteiger partial charge is 0.457 e. The quantitative estimate of drug-likeness (QED) is 0.324. The van der Waals surface area contributed by atoms with Gasteiger partial charge < -0.3 is 15.0 Å². The van der Waals surface area contributed by atoms with Gasteiger partial charge in [0.15, 0.2) is 0 Å². The molecule has 0 spiro atoms. The van der Waals surface area contributed by atoms with Crippen LogP contribution in [0.3, 0.4) is 0 Å². The lowest BCUT2D eigenvalue weighted by molar-refractivity contribution is -0.140. The Kier molecular flexibility index (Phi) is 10.5. The third kappa shape index (κ3) is 8.58. The summed E-state index contributed by atoms with van der Waals surface area (Å²) in [5.41, 5.74) is 1.16. The van der Waals surface area contributed by atoms with Gasteiger partial charge in [0.05, 0.1) is 11.9 Å². The molecule has 0 aliphatic heterocycles. The lowest BCUT2D eigenvalue weighted by Crippen LogP contribution is -2.53. The third-order valence-corrected chi connectivity index (χ3v) is 7.51. The molecule has 1 N–H and O–H groups in total. The van der Waals surface area contributed by atoms with E-state index in [9.17, 15) is 18.0 Å². The molecule has 8 nitrogen and oxygen atoms in total. The molecule has 0 unspecified atom stereocenters. The Morgan fingerprint density at radius 3 is 1.95 bits per heavy atom. The van der Waals surface area contributed by atoms with Gasteiger partial charge >= 0.3 is 0 Å². The first-order valence-electron chi connectivity index (χ1n) is 13.1. The Bertz CT molecular complexity index is 1320. The SMILES string of the molecule is CC[C@@H](C)NC(=O)[C@H](CC)N(Cc1ccccc1)C(=O)CN(c1ccc(Oc2ccccc2)cc1)S(C)(=O)=O. The van der Waals surface area contributed by atoms with Crippen molar-refractivity contribution >= 4 is 27.5 Å². The number of sulfonamides is 1. The van der Waals surface area contributed by atoms with E-state index in [2.05, 4.69) is 5.32 Å². The van der Waals surface area contributed by atoms with Gasteiger partial charge in [-0.15, -0.1) is 0 Å². The predicted octanol–water partition coefficient (Wildman–Crippen LogP) is 4.97. The van der Waals surface area contributed by atoms with Crippen LogP contribution in [0.1, 0.15) is 39.2 Å². The Balaban J connectivity index is 1.88. The summed E-state index contributed by atoms with van der Waals surface area (Å²) in [6.45, 7) is 5.45. The number of hydrogen-bond acceptors (Lipinski definition) is 5. The lowest BCUT2D eigenvalue weighted by atomic mass is 10.1. The maximum Gasteiger partial charge on any atom is 0.244 e. The number of carbonyl (C=O) groups is 2. The maximum atomic E-state index is 13.8. The highest BCUT2D eigenvalue weighted by atomic mass is 32.2. The minimum Gasteiger partial charge on any atom is -0.457 e. The fourth-order valence-corrected chi connectivity index (χ4v) is 4.91. The van der Waals surface area contributed by atoms with Crippen LogP contribution < -0.4 is 14.4 Å². The van der Waals surface area contributed by atoms with Crippen LogP contribution in [0.4, 0.5) is 5.69 Å². The predicted molar refractivity (Wildman–Crippen MR) is 154 cm³/mol. The molecule has 9 heteroatoms. The van der Waals surface area contributed by atoms with E-state index < -0.39 is 28.5 Å². The number of rotatable bonds is 13. The number of anilines is 1. The highest BCUT2D eigenvalue weighted by Gasteiger charge is 2.32. The van der Waals surface area contributed by atoms with E-state index in [4.69, 9.17) is 4.74 Å². The second-order valence-electron chi connectivity index (χ2n) is 9.43. The first-order chi connectivity index (χ1) is 18.6. The number of benzene rings is 3. The Hall–Kier alpha value is -3.85. The van der Waals surface area contributed by atoms with Crippen LogP contribution in [0.15, 0.2) is 84.9 Å². The average molecular weight is 552 g/mol. The lowest BCUT2D eigenvalue weighted by Gasteiger charge is -2.33. The zero-order chi connectivity index (χ0) is 28.4. The average Bonchev–Trinajstić information content (AvgIpc) is 2.92. The number of carbonyl (C=O) groups excluding carboxylic acids is 2. The number of hydrogen-bond donors (Lipinski definition) is 1. The van der Waals surface area contributed by atoms with E-state index in [1.165, 1.54) is 4.90 Å².